The number of para-hydroxylation sites is 2. The molecule has 4 heteroatoms. The van der Waals surface area contributed by atoms with Gasteiger partial charge in [0, 0.05) is 52.2 Å². The van der Waals surface area contributed by atoms with Crippen molar-refractivity contribution in [3.05, 3.63) is 229 Å². The van der Waals surface area contributed by atoms with Crippen molar-refractivity contribution in [2.45, 2.75) is 11.9 Å². The van der Waals surface area contributed by atoms with Gasteiger partial charge in [-0.3, -0.25) is 0 Å². The second-order valence-electron chi connectivity index (χ2n) is 14.8. The molecule has 2 aliphatic carbocycles. The third-order valence-electron chi connectivity index (χ3n) is 11.6. The van der Waals surface area contributed by atoms with Crippen LogP contribution in [0.5, 0.6) is 0 Å². The monoisotopic (exact) mass is 729 g/mol. The van der Waals surface area contributed by atoms with Crippen LogP contribution < -0.4 is 25.6 Å². The van der Waals surface area contributed by atoms with Gasteiger partial charge in [0.2, 0.25) is 6.71 Å². The van der Waals surface area contributed by atoms with Crippen molar-refractivity contribution in [1.29, 1.82) is 0 Å². The highest BCUT2D eigenvalue weighted by molar-refractivity contribution is 6.91. The van der Waals surface area contributed by atoms with Crippen molar-refractivity contribution >= 4 is 51.6 Å². The van der Waals surface area contributed by atoms with Gasteiger partial charge in [-0.15, -0.1) is 6.42 Å². The number of terminal acetylenes is 1. The molecule has 0 aromatic heterocycles. The van der Waals surface area contributed by atoms with Crippen LogP contribution in [0.25, 0.3) is 16.7 Å². The van der Waals surface area contributed by atoms with E-state index in [1.54, 1.807) is 6.08 Å². The fourth-order valence-corrected chi connectivity index (χ4v) is 9.12. The van der Waals surface area contributed by atoms with Gasteiger partial charge in [-0.1, -0.05) is 158 Å². The lowest BCUT2D eigenvalue weighted by Crippen LogP contribution is -2.59. The molecule has 3 nitrogen and oxygen atoms in total. The summed E-state index contributed by atoms with van der Waals surface area (Å²) >= 11 is 0. The average molecular weight is 730 g/mol. The molecule has 2 aliphatic heterocycles. The van der Waals surface area contributed by atoms with Crippen molar-refractivity contribution in [2.75, 3.05) is 21.2 Å². The Morgan fingerprint density at radius 2 is 1.33 bits per heavy atom. The summed E-state index contributed by atoms with van der Waals surface area (Å²) < 4.78 is 0. The normalized spacial score (nSPS) is 16.6. The first-order chi connectivity index (χ1) is 28.3. The van der Waals surface area contributed by atoms with Crippen molar-refractivity contribution in [3.63, 3.8) is 0 Å². The number of fused-ring (bicyclic) bond motifs is 4. The summed E-state index contributed by atoms with van der Waals surface area (Å²) in [4.78, 5) is 7.51. The second kappa shape index (κ2) is 14.8. The number of rotatable bonds is 9. The number of allylic oxidation sites excluding steroid dienone is 7. The van der Waals surface area contributed by atoms with Gasteiger partial charge in [0.05, 0.1) is 6.04 Å². The number of hydrogen-bond acceptors (Lipinski definition) is 3. The van der Waals surface area contributed by atoms with Crippen LogP contribution in [-0.2, 0) is 0 Å². The molecule has 10 rings (SSSR count). The maximum atomic E-state index is 5.75. The third kappa shape index (κ3) is 6.15. The van der Waals surface area contributed by atoms with E-state index in [9.17, 15) is 0 Å². The van der Waals surface area contributed by atoms with Crippen LogP contribution in [0.4, 0.5) is 28.4 Å². The zero-order chi connectivity index (χ0) is 38.1. The SMILES string of the molecule is C#C/C=C\C(=C/CN1c2cc(-c3ccccc3)ccc2B2c3c1cccc3N(C1C=CC=C1)C1=CC(N(c3ccccc3)c3ccccc3)=CC21)c1ccccc1. The van der Waals surface area contributed by atoms with Crippen LogP contribution in [0.15, 0.2) is 224 Å². The fourth-order valence-electron chi connectivity index (χ4n) is 9.12. The number of hydrogen-bond donors (Lipinski definition) is 0. The van der Waals surface area contributed by atoms with Gasteiger partial charge in [0.15, 0.2) is 0 Å². The largest absolute Gasteiger partial charge is 0.338 e. The van der Waals surface area contributed by atoms with E-state index in [0.29, 0.717) is 6.54 Å². The molecule has 0 amide bonds. The van der Waals surface area contributed by atoms with Crippen LogP contribution in [0.1, 0.15) is 5.56 Å². The first-order valence-corrected chi connectivity index (χ1v) is 19.7. The maximum absolute atomic E-state index is 5.75. The molecule has 6 aromatic carbocycles. The molecule has 0 N–H and O–H groups in total. The number of nitrogens with zero attached hydrogens (tertiary/aromatic N) is 3. The van der Waals surface area contributed by atoms with E-state index in [-0.39, 0.29) is 18.6 Å². The lowest BCUT2D eigenvalue weighted by atomic mass is 9.30. The van der Waals surface area contributed by atoms with E-state index in [4.69, 9.17) is 6.42 Å². The van der Waals surface area contributed by atoms with Gasteiger partial charge in [-0.2, -0.15) is 0 Å². The molecule has 270 valence electrons. The summed E-state index contributed by atoms with van der Waals surface area (Å²) in [6.45, 7) is 0.773. The van der Waals surface area contributed by atoms with Crippen molar-refractivity contribution in [3.8, 4) is 23.5 Å². The predicted octanol–water partition coefficient (Wildman–Crippen LogP) is 11.0. The number of anilines is 5. The first-order valence-electron chi connectivity index (χ1n) is 19.7. The minimum atomic E-state index is 0.100. The molecule has 1 unspecified atom stereocenters. The Hall–Kier alpha value is -7.22. The standard InChI is InChI=1S/C53H40BN3/c1-2-3-19-41(39-20-8-4-9-21-39)34-35-55-49-30-18-31-50-53(49)54(47-33-32-42(36-51(47)55)40-22-10-5-11-23-40)48-37-46(38-52(48)57(50)45-28-16-17-29-45)56(43-24-12-6-13-25-43)44-26-14-7-15-27-44/h1,3-34,36-38,45,48H,35H2/b19-3-,41-34+. The average Bonchev–Trinajstić information content (AvgIpc) is 3.97. The first kappa shape index (κ1) is 34.3. The third-order valence-corrected chi connectivity index (χ3v) is 11.6. The van der Waals surface area contributed by atoms with Gasteiger partial charge < -0.3 is 14.7 Å². The van der Waals surface area contributed by atoms with E-state index in [0.717, 1.165) is 22.5 Å². The molecular formula is C53H40BN3. The molecule has 0 saturated carbocycles. The van der Waals surface area contributed by atoms with Crippen LogP contribution in [-0.4, -0.2) is 19.3 Å². The Kier molecular flexibility index (Phi) is 8.90. The molecule has 0 bridgehead atoms. The zero-order valence-corrected chi connectivity index (χ0v) is 31.6. The van der Waals surface area contributed by atoms with Crippen LogP contribution in [0.3, 0.4) is 0 Å². The van der Waals surface area contributed by atoms with E-state index in [1.807, 2.05) is 0 Å². The van der Waals surface area contributed by atoms with E-state index in [2.05, 4.69) is 227 Å². The molecule has 6 aromatic rings. The molecule has 57 heavy (non-hydrogen) atoms. The predicted molar refractivity (Wildman–Crippen MR) is 242 cm³/mol. The molecule has 2 heterocycles. The van der Waals surface area contributed by atoms with Crippen molar-refractivity contribution < 1.29 is 0 Å². The summed E-state index contributed by atoms with van der Waals surface area (Å²) in [5.41, 5.74) is 15.8. The molecular weight excluding hydrogens is 689 g/mol. The molecule has 0 fully saturated rings. The van der Waals surface area contributed by atoms with E-state index >= 15 is 0 Å². The maximum Gasteiger partial charge on any atom is 0.230 e. The topological polar surface area (TPSA) is 9.72 Å². The van der Waals surface area contributed by atoms with Crippen LogP contribution in [0, 0.1) is 12.3 Å². The number of benzene rings is 6. The Morgan fingerprint density at radius 3 is 2.02 bits per heavy atom. The summed E-state index contributed by atoms with van der Waals surface area (Å²) in [5.74, 6) is 2.81. The van der Waals surface area contributed by atoms with E-state index < -0.39 is 0 Å². The van der Waals surface area contributed by atoms with Crippen molar-refractivity contribution in [1.82, 2.24) is 0 Å². The zero-order valence-electron chi connectivity index (χ0n) is 31.6. The highest BCUT2D eigenvalue weighted by atomic mass is 15.2. The summed E-state index contributed by atoms with van der Waals surface area (Å²) in [6.07, 6.45) is 25.9. The lowest BCUT2D eigenvalue weighted by molar-refractivity contribution is 0.864. The molecule has 1 atom stereocenters. The van der Waals surface area contributed by atoms with Gasteiger partial charge in [0.1, 0.15) is 0 Å². The van der Waals surface area contributed by atoms with Crippen LogP contribution >= 0.6 is 0 Å². The molecule has 0 spiro atoms. The lowest BCUT2D eigenvalue weighted by Gasteiger charge is -2.47. The van der Waals surface area contributed by atoms with Gasteiger partial charge in [0.25, 0.3) is 0 Å². The van der Waals surface area contributed by atoms with E-state index in [1.165, 1.54) is 50.5 Å². The smallest absolute Gasteiger partial charge is 0.230 e. The second-order valence-corrected chi connectivity index (χ2v) is 14.8. The van der Waals surface area contributed by atoms with Gasteiger partial charge in [-0.25, -0.2) is 0 Å². The highest BCUT2D eigenvalue weighted by Crippen LogP contribution is 2.49. The molecule has 0 saturated heterocycles. The highest BCUT2D eigenvalue weighted by Gasteiger charge is 2.49. The minimum absolute atomic E-state index is 0.100. The van der Waals surface area contributed by atoms with Gasteiger partial charge in [-0.05, 0) is 93.9 Å². The quantitative estimate of drug-likeness (QED) is 0.0834. The minimum Gasteiger partial charge on any atom is -0.338 e. The fraction of sp³-hybridized carbons (Fsp3) is 0.0566. The Bertz CT molecular complexity index is 2630. The summed E-state index contributed by atoms with van der Waals surface area (Å²) in [7, 11) is 0. The van der Waals surface area contributed by atoms with Crippen LogP contribution in [0.2, 0.25) is 5.82 Å². The summed E-state index contributed by atoms with van der Waals surface area (Å²) in [5, 5.41) is 0. The van der Waals surface area contributed by atoms with Gasteiger partial charge >= 0.3 is 0 Å². The summed E-state index contributed by atoms with van der Waals surface area (Å²) in [6, 6.07) is 56.9. The van der Waals surface area contributed by atoms with Crippen molar-refractivity contribution in [2.24, 2.45) is 0 Å². The Labute approximate surface area is 336 Å². The Morgan fingerprint density at radius 1 is 0.684 bits per heavy atom. The molecule has 0 radical (unpaired) electrons. The molecule has 4 aliphatic rings. The Balaban J connectivity index is 1.18.